The van der Waals surface area contributed by atoms with E-state index in [9.17, 15) is 0 Å². The van der Waals surface area contributed by atoms with Crippen LogP contribution in [0.1, 0.15) is 0 Å². The molecule has 0 amide bonds. The van der Waals surface area contributed by atoms with Gasteiger partial charge in [-0.25, -0.2) is 0 Å². The lowest BCUT2D eigenvalue weighted by atomic mass is 10.9. The van der Waals surface area contributed by atoms with Crippen LogP contribution in [0, 0.1) is 0 Å². The first-order chi connectivity index (χ1) is 7.91. The van der Waals surface area contributed by atoms with Gasteiger partial charge in [-0.1, -0.05) is 0 Å². The van der Waals surface area contributed by atoms with Gasteiger partial charge in [0.25, 0.3) is 0 Å². The number of nitrogen functional groups attached to an aromatic ring is 3. The number of rotatable bonds is 0. The van der Waals surface area contributed by atoms with Crippen molar-refractivity contribution in [3.05, 3.63) is 0 Å². The van der Waals surface area contributed by atoms with E-state index in [0.717, 1.165) is 0 Å². The van der Waals surface area contributed by atoms with Crippen LogP contribution < -0.4 is 28.7 Å². The summed E-state index contributed by atoms with van der Waals surface area (Å²) >= 11 is 4.09. The third-order valence-electron chi connectivity index (χ3n) is 0.687. The van der Waals surface area contributed by atoms with E-state index in [1.54, 1.807) is 0 Å². The second-order valence-electron chi connectivity index (χ2n) is 1.81. The van der Waals surface area contributed by atoms with Crippen LogP contribution in [0.2, 0.25) is 0 Å². The van der Waals surface area contributed by atoms with Gasteiger partial charge in [0.05, 0.1) is 0 Å². The minimum atomic E-state index is 0.000000000000000222. The summed E-state index contributed by atoms with van der Waals surface area (Å²) in [6.45, 7) is 4.00. The summed E-state index contributed by atoms with van der Waals surface area (Å²) < 4.78 is 0. The smallest absolute Gasteiger partial charge is 0.226 e. The average molecular weight is 262 g/mol. The van der Waals surface area contributed by atoms with E-state index in [2.05, 4.69) is 38.6 Å². The first-order valence-corrected chi connectivity index (χ1v) is 3.97. The zero-order valence-corrected chi connectivity index (χ0v) is 9.68. The zero-order valence-electron chi connectivity index (χ0n) is 8.87. The van der Waals surface area contributed by atoms with Gasteiger partial charge >= 0.3 is 0 Å². The molecule has 0 saturated carbocycles. The molecule has 0 aliphatic rings. The van der Waals surface area contributed by atoms with Crippen LogP contribution in [0.15, 0.2) is 0 Å². The van der Waals surface area contributed by atoms with E-state index >= 15 is 0 Å². The van der Waals surface area contributed by atoms with Crippen LogP contribution in [0.4, 0.5) is 17.8 Å². The molecule has 0 saturated heterocycles. The Bertz CT molecular complexity index is 279. The first kappa shape index (κ1) is 19.9. The van der Waals surface area contributed by atoms with Gasteiger partial charge in [0.1, 0.15) is 13.6 Å². The maximum Gasteiger partial charge on any atom is 0.226 e. The van der Waals surface area contributed by atoms with E-state index in [4.69, 9.17) is 26.8 Å². The molecule has 1 heterocycles. The molecule has 0 aliphatic heterocycles. The SMILES string of the molecule is C=O.C=O.NC(N)=S.Nc1nc(N)nc(N)n1. The molecule has 10 N–H and O–H groups in total. The third-order valence-corrected chi connectivity index (χ3v) is 0.687. The predicted molar refractivity (Wildman–Crippen MR) is 68.3 cm³/mol. The number of hydrogen-bond donors (Lipinski definition) is 5. The van der Waals surface area contributed by atoms with Crippen LogP contribution in [0.5, 0.6) is 0 Å². The number of nitrogens with two attached hydrogens (primary N) is 5. The highest BCUT2D eigenvalue weighted by Gasteiger charge is 1.93. The van der Waals surface area contributed by atoms with Crippen molar-refractivity contribution in [3.63, 3.8) is 0 Å². The van der Waals surface area contributed by atoms with Crippen molar-refractivity contribution in [1.82, 2.24) is 15.0 Å². The van der Waals surface area contributed by atoms with Crippen LogP contribution in [0.25, 0.3) is 0 Å². The molecule has 17 heavy (non-hydrogen) atoms. The molecule has 0 spiro atoms. The zero-order chi connectivity index (χ0) is 14.4. The Balaban J connectivity index is -0.000000208. The van der Waals surface area contributed by atoms with Crippen molar-refractivity contribution in [1.29, 1.82) is 0 Å². The van der Waals surface area contributed by atoms with Crippen LogP contribution in [-0.2, 0) is 9.59 Å². The number of nitrogens with zero attached hydrogens (tertiary/aromatic N) is 3. The highest BCUT2D eigenvalue weighted by atomic mass is 32.1. The topological polar surface area (TPSA) is 203 Å². The minimum absolute atomic E-state index is 0.000000000000000222. The molecule has 11 heteroatoms. The Kier molecular flexibility index (Phi) is 15.8. The van der Waals surface area contributed by atoms with E-state index in [1.807, 2.05) is 13.6 Å². The Labute approximate surface area is 103 Å². The fourth-order valence-electron chi connectivity index (χ4n) is 0.427. The Morgan fingerprint density at radius 3 is 1.06 bits per heavy atom. The molecule has 1 rings (SSSR count). The number of aromatic nitrogens is 3. The Morgan fingerprint density at radius 2 is 0.941 bits per heavy atom. The summed E-state index contributed by atoms with van der Waals surface area (Å²) in [4.78, 5) is 26.5. The van der Waals surface area contributed by atoms with Crippen molar-refractivity contribution in [2.75, 3.05) is 17.2 Å². The van der Waals surface area contributed by atoms with E-state index in [1.165, 1.54) is 0 Å². The fourth-order valence-corrected chi connectivity index (χ4v) is 0.427. The molecule has 1 aromatic rings. The lowest BCUT2D eigenvalue weighted by molar-refractivity contribution is -0.0987. The second kappa shape index (κ2) is 13.4. The molecule has 0 radical (unpaired) electrons. The highest BCUT2D eigenvalue weighted by Crippen LogP contribution is 1.97. The first-order valence-electron chi connectivity index (χ1n) is 3.57. The largest absolute Gasteiger partial charge is 0.377 e. The van der Waals surface area contributed by atoms with Gasteiger partial charge in [-0.15, -0.1) is 0 Å². The average Bonchev–Trinajstić information content (AvgIpc) is 2.20. The molecule has 0 unspecified atom stereocenters. The lowest BCUT2D eigenvalue weighted by Crippen LogP contribution is -2.18. The summed E-state index contributed by atoms with van der Waals surface area (Å²) in [6, 6.07) is 0. The van der Waals surface area contributed by atoms with Gasteiger partial charge in [0.2, 0.25) is 17.8 Å². The number of thiocarbonyl (C=S) groups is 1. The summed E-state index contributed by atoms with van der Waals surface area (Å²) in [6.07, 6.45) is 0. The van der Waals surface area contributed by atoms with Gasteiger partial charge in [-0.3, -0.25) is 0 Å². The molecule has 0 aromatic carbocycles. The summed E-state index contributed by atoms with van der Waals surface area (Å²) in [5.41, 5.74) is 24.7. The Morgan fingerprint density at radius 1 is 0.824 bits per heavy atom. The van der Waals surface area contributed by atoms with Gasteiger partial charge < -0.3 is 38.3 Å². The minimum Gasteiger partial charge on any atom is -0.377 e. The predicted octanol–water partition coefficient (Wildman–Crippen LogP) is -2.56. The van der Waals surface area contributed by atoms with Crippen LogP contribution in [0.3, 0.4) is 0 Å². The van der Waals surface area contributed by atoms with Crippen LogP contribution in [-0.4, -0.2) is 33.6 Å². The fraction of sp³-hybridized carbons (Fsp3) is 0. The number of carbonyl (C=O) groups is 2. The van der Waals surface area contributed by atoms with Crippen LogP contribution >= 0.6 is 12.2 Å². The molecule has 0 fully saturated rings. The molecule has 0 aliphatic carbocycles. The maximum absolute atomic E-state index is 8.00. The van der Waals surface area contributed by atoms with E-state index < -0.39 is 0 Å². The molecule has 0 bridgehead atoms. The molecular formula is C6H14N8O2S. The number of hydrogen-bond acceptors (Lipinski definition) is 9. The molecule has 1 aromatic heterocycles. The number of anilines is 3. The number of carbonyl (C=O) groups excluding carboxylic acids is 2. The van der Waals surface area contributed by atoms with Crippen molar-refractivity contribution in [3.8, 4) is 0 Å². The van der Waals surface area contributed by atoms with Crippen molar-refractivity contribution >= 4 is 48.8 Å². The third kappa shape index (κ3) is 19.7. The standard InChI is InChI=1S/C3H6N6.CH4N2S.2CH2O/c4-1-7-2(5)9-3(6)8-1;2-1(3)4;2*1-2/h(H6,4,5,6,7,8,9);(H4,2,3,4);2*1H2. The summed E-state index contributed by atoms with van der Waals surface area (Å²) in [5, 5.41) is 0.000000000000000222. The van der Waals surface area contributed by atoms with Gasteiger partial charge in [0, 0.05) is 0 Å². The molecule has 0 atom stereocenters. The van der Waals surface area contributed by atoms with Crippen molar-refractivity contribution < 1.29 is 9.59 Å². The quantitative estimate of drug-likeness (QED) is 0.307. The van der Waals surface area contributed by atoms with Gasteiger partial charge in [0.15, 0.2) is 5.11 Å². The monoisotopic (exact) mass is 262 g/mol. The van der Waals surface area contributed by atoms with Gasteiger partial charge in [-0.05, 0) is 12.2 Å². The van der Waals surface area contributed by atoms with E-state index in [0.29, 0.717) is 0 Å². The molecule has 96 valence electrons. The van der Waals surface area contributed by atoms with Crippen molar-refractivity contribution in [2.24, 2.45) is 11.5 Å². The normalized spacial score (nSPS) is 6.82. The Hall–Kier alpha value is -2.56. The molecule has 10 nitrogen and oxygen atoms in total. The van der Waals surface area contributed by atoms with E-state index in [-0.39, 0.29) is 23.0 Å². The summed E-state index contributed by atoms with van der Waals surface area (Å²) in [5.74, 6) is 0.125. The molecular weight excluding hydrogens is 248 g/mol. The van der Waals surface area contributed by atoms with Gasteiger partial charge in [-0.2, -0.15) is 15.0 Å². The highest BCUT2D eigenvalue weighted by molar-refractivity contribution is 7.80. The maximum atomic E-state index is 8.00. The second-order valence-corrected chi connectivity index (χ2v) is 2.28. The van der Waals surface area contributed by atoms with Crippen molar-refractivity contribution in [2.45, 2.75) is 0 Å². The lowest BCUT2D eigenvalue weighted by Gasteiger charge is -1.93. The summed E-state index contributed by atoms with van der Waals surface area (Å²) in [7, 11) is 0.